The number of carbonyl (C=O) groups excluding carboxylic acids is 1. The molecular weight excluding hydrogens is 262 g/mol. The Kier molecular flexibility index (Phi) is 3.32. The van der Waals surface area contributed by atoms with Crippen molar-refractivity contribution in [2.75, 3.05) is 5.73 Å². The number of hydrazone groups is 1. The molecule has 110 valence electrons. The van der Waals surface area contributed by atoms with Crippen molar-refractivity contribution in [1.82, 2.24) is 5.43 Å². The molecule has 1 aromatic carbocycles. The predicted molar refractivity (Wildman–Crippen MR) is 84.9 cm³/mol. The molecule has 1 aromatic rings. The van der Waals surface area contributed by atoms with Crippen molar-refractivity contribution >= 4 is 17.8 Å². The van der Waals surface area contributed by atoms with Crippen LogP contribution in [0.5, 0.6) is 0 Å². The van der Waals surface area contributed by atoms with Gasteiger partial charge in [0, 0.05) is 11.3 Å². The number of fused-ring (bicyclic) bond motifs is 1. The summed E-state index contributed by atoms with van der Waals surface area (Å²) in [6.07, 6.45) is 6.42. The van der Waals surface area contributed by atoms with Crippen LogP contribution in [0.25, 0.3) is 0 Å². The highest BCUT2D eigenvalue weighted by atomic mass is 16.2. The van der Waals surface area contributed by atoms with Gasteiger partial charge >= 0.3 is 0 Å². The van der Waals surface area contributed by atoms with Gasteiger partial charge in [0.05, 0.1) is 6.21 Å². The Bertz CT molecular complexity index is 613. The maximum absolute atomic E-state index is 11.9. The molecule has 0 saturated heterocycles. The van der Waals surface area contributed by atoms with Gasteiger partial charge in [0.15, 0.2) is 0 Å². The molecule has 0 aromatic heterocycles. The lowest BCUT2D eigenvalue weighted by atomic mass is 9.49. The smallest absolute Gasteiger partial charge is 0.271 e. The fourth-order valence-corrected chi connectivity index (χ4v) is 3.41. The number of hydrogen-bond donors (Lipinski definition) is 2. The molecule has 21 heavy (non-hydrogen) atoms. The first-order valence-corrected chi connectivity index (χ1v) is 7.37. The Balaban J connectivity index is 1.61. The zero-order valence-corrected chi connectivity index (χ0v) is 12.5. The number of anilines is 1. The van der Waals surface area contributed by atoms with Crippen molar-refractivity contribution in [1.29, 1.82) is 0 Å². The van der Waals surface area contributed by atoms with E-state index in [0.29, 0.717) is 22.6 Å². The number of nitrogens with zero attached hydrogens (tertiary/aromatic N) is 1. The van der Waals surface area contributed by atoms with Crippen LogP contribution in [0.2, 0.25) is 0 Å². The zero-order valence-electron chi connectivity index (χ0n) is 12.5. The predicted octanol–water partition coefficient (Wildman–Crippen LogP) is 2.98. The van der Waals surface area contributed by atoms with Crippen LogP contribution in [0, 0.1) is 17.3 Å². The molecule has 4 nitrogen and oxygen atoms in total. The van der Waals surface area contributed by atoms with Crippen LogP contribution in [-0.2, 0) is 0 Å². The van der Waals surface area contributed by atoms with Gasteiger partial charge < -0.3 is 5.73 Å². The Morgan fingerprint density at radius 3 is 2.71 bits per heavy atom. The van der Waals surface area contributed by atoms with Crippen LogP contribution in [-0.4, -0.2) is 12.1 Å². The number of benzene rings is 1. The Hall–Kier alpha value is -2.10. The lowest BCUT2D eigenvalue weighted by molar-refractivity contribution is -0.00126. The second-order valence-corrected chi connectivity index (χ2v) is 6.57. The van der Waals surface area contributed by atoms with E-state index >= 15 is 0 Å². The lowest BCUT2D eigenvalue weighted by Gasteiger charge is -2.55. The van der Waals surface area contributed by atoms with Crippen LogP contribution in [0.4, 0.5) is 5.69 Å². The summed E-state index contributed by atoms with van der Waals surface area (Å²) in [5.74, 6) is 1.17. The zero-order chi connectivity index (χ0) is 15.0. The molecule has 1 saturated carbocycles. The molecule has 1 amide bonds. The van der Waals surface area contributed by atoms with Gasteiger partial charge in [0.1, 0.15) is 0 Å². The van der Waals surface area contributed by atoms with Crippen molar-refractivity contribution in [2.24, 2.45) is 22.4 Å². The number of nitrogens with one attached hydrogen (secondary N) is 1. The van der Waals surface area contributed by atoms with Crippen molar-refractivity contribution in [3.63, 3.8) is 0 Å². The van der Waals surface area contributed by atoms with Gasteiger partial charge in [-0.15, -0.1) is 0 Å². The number of rotatable bonds is 3. The topological polar surface area (TPSA) is 67.5 Å². The Labute approximate surface area is 125 Å². The molecule has 0 spiro atoms. The summed E-state index contributed by atoms with van der Waals surface area (Å²) < 4.78 is 0. The summed E-state index contributed by atoms with van der Waals surface area (Å²) >= 11 is 0. The molecular formula is C17H21N3O. The minimum atomic E-state index is -0.214. The monoisotopic (exact) mass is 283 g/mol. The number of hydrogen-bond acceptors (Lipinski definition) is 3. The number of nitrogen functional groups attached to an aromatic ring is 1. The van der Waals surface area contributed by atoms with E-state index in [4.69, 9.17) is 5.73 Å². The summed E-state index contributed by atoms with van der Waals surface area (Å²) in [6, 6.07) is 6.80. The third kappa shape index (κ3) is 2.46. The molecule has 4 heteroatoms. The molecule has 4 rings (SSSR count). The maximum atomic E-state index is 11.9. The normalized spacial score (nSPS) is 26.1. The van der Waals surface area contributed by atoms with Crippen LogP contribution >= 0.6 is 0 Å². The first kappa shape index (κ1) is 13.9. The Morgan fingerprint density at radius 2 is 2.10 bits per heavy atom. The summed E-state index contributed by atoms with van der Waals surface area (Å²) in [5, 5.41) is 4.11. The molecule has 2 bridgehead atoms. The first-order chi connectivity index (χ1) is 9.98. The average molecular weight is 283 g/mol. The van der Waals surface area contributed by atoms with Crippen LogP contribution in [0.15, 0.2) is 41.0 Å². The fraction of sp³-hybridized carbons (Fsp3) is 0.412. The fourth-order valence-electron chi connectivity index (χ4n) is 3.41. The molecule has 0 radical (unpaired) electrons. The number of amides is 1. The molecule has 2 unspecified atom stereocenters. The van der Waals surface area contributed by atoms with Crippen LogP contribution in [0.3, 0.4) is 0 Å². The highest BCUT2D eigenvalue weighted by molar-refractivity contribution is 5.95. The highest BCUT2D eigenvalue weighted by Crippen LogP contribution is 2.58. The maximum Gasteiger partial charge on any atom is 0.271 e. The third-order valence-electron chi connectivity index (χ3n) is 5.06. The number of nitrogens with two attached hydrogens (primary N) is 1. The lowest BCUT2D eigenvalue weighted by Crippen LogP contribution is -2.48. The minimum Gasteiger partial charge on any atom is -0.399 e. The number of carbonyl (C=O) groups is 1. The summed E-state index contributed by atoms with van der Waals surface area (Å²) in [6.45, 7) is 4.64. The second-order valence-electron chi connectivity index (χ2n) is 6.57. The van der Waals surface area contributed by atoms with E-state index in [1.165, 1.54) is 12.0 Å². The quantitative estimate of drug-likeness (QED) is 0.509. The van der Waals surface area contributed by atoms with E-state index in [1.807, 2.05) is 0 Å². The van der Waals surface area contributed by atoms with Gasteiger partial charge in [0.25, 0.3) is 5.91 Å². The van der Waals surface area contributed by atoms with Gasteiger partial charge in [-0.25, -0.2) is 5.43 Å². The van der Waals surface area contributed by atoms with Gasteiger partial charge in [-0.1, -0.05) is 19.9 Å². The van der Waals surface area contributed by atoms with Crippen molar-refractivity contribution in [3.8, 4) is 0 Å². The molecule has 0 aliphatic heterocycles. The van der Waals surface area contributed by atoms with Gasteiger partial charge in [0.2, 0.25) is 0 Å². The third-order valence-corrected chi connectivity index (χ3v) is 5.06. The van der Waals surface area contributed by atoms with Crippen molar-refractivity contribution in [3.05, 3.63) is 41.5 Å². The summed E-state index contributed by atoms with van der Waals surface area (Å²) in [4.78, 5) is 11.9. The second kappa shape index (κ2) is 5.02. The van der Waals surface area contributed by atoms with Gasteiger partial charge in [-0.2, -0.15) is 5.10 Å². The summed E-state index contributed by atoms with van der Waals surface area (Å²) in [5.41, 5.74) is 11.0. The first-order valence-electron chi connectivity index (χ1n) is 7.37. The summed E-state index contributed by atoms with van der Waals surface area (Å²) in [7, 11) is 0. The SMILES string of the molecule is CC1(C)C2CC=C(/C=N/NC(=O)c3ccc(N)cc3)C1C2. The van der Waals surface area contributed by atoms with Crippen molar-refractivity contribution in [2.45, 2.75) is 26.7 Å². The number of allylic oxidation sites excluding steroid dienone is 2. The van der Waals surface area contributed by atoms with E-state index in [0.717, 1.165) is 12.3 Å². The van der Waals surface area contributed by atoms with Gasteiger partial charge in [-0.05, 0) is 59.9 Å². The van der Waals surface area contributed by atoms with Crippen LogP contribution < -0.4 is 11.2 Å². The molecule has 2 atom stereocenters. The average Bonchev–Trinajstić information content (AvgIpc) is 2.47. The molecule has 0 heterocycles. The van der Waals surface area contributed by atoms with Crippen LogP contribution in [0.1, 0.15) is 37.0 Å². The van der Waals surface area contributed by atoms with Gasteiger partial charge in [-0.3, -0.25) is 4.79 Å². The van der Waals surface area contributed by atoms with E-state index in [1.54, 1.807) is 30.5 Å². The van der Waals surface area contributed by atoms with E-state index < -0.39 is 0 Å². The molecule has 3 N–H and O–H groups in total. The largest absolute Gasteiger partial charge is 0.399 e. The van der Waals surface area contributed by atoms with Crippen molar-refractivity contribution < 1.29 is 4.79 Å². The molecule has 3 aliphatic carbocycles. The molecule has 1 fully saturated rings. The standard InChI is InChI=1S/C17H21N3O/c1-17(2)13-6-3-12(15(17)9-13)10-19-20-16(21)11-4-7-14(18)8-5-11/h3-5,7-8,10,13,15H,6,9,18H2,1-2H3,(H,20,21)/b19-10+. The molecule has 3 aliphatic rings. The van der Waals surface area contributed by atoms with E-state index in [-0.39, 0.29) is 5.91 Å². The Morgan fingerprint density at radius 1 is 1.38 bits per heavy atom. The highest BCUT2D eigenvalue weighted by Gasteiger charge is 2.50. The minimum absolute atomic E-state index is 0.214. The van der Waals surface area contributed by atoms with E-state index in [2.05, 4.69) is 30.5 Å². The van der Waals surface area contributed by atoms with E-state index in [9.17, 15) is 4.79 Å².